The molecular weight excluding hydrogens is 323 g/mol. The van der Waals surface area contributed by atoms with Gasteiger partial charge in [0.2, 0.25) is 0 Å². The Kier molecular flexibility index (Phi) is 4.56. The topological polar surface area (TPSA) is 52.4 Å². The minimum atomic E-state index is -4.50. The first-order valence-corrected chi connectivity index (χ1v) is 6.38. The lowest BCUT2D eigenvalue weighted by molar-refractivity contribution is -0.385. The summed E-state index contributed by atoms with van der Waals surface area (Å²) < 4.78 is 42.8. The third-order valence-electron chi connectivity index (χ3n) is 2.83. The molecule has 0 fully saturated rings. The van der Waals surface area contributed by atoms with Gasteiger partial charge in [-0.15, -0.1) is 0 Å². The van der Waals surface area contributed by atoms with Crippen molar-refractivity contribution in [2.75, 3.05) is 0 Å². The van der Waals surface area contributed by atoms with Crippen LogP contribution in [0.3, 0.4) is 0 Å². The van der Waals surface area contributed by atoms with E-state index >= 15 is 0 Å². The molecule has 4 nitrogen and oxygen atoms in total. The Bertz CT molecular complexity index is 704. The van der Waals surface area contributed by atoms with Crippen LogP contribution in [-0.4, -0.2) is 4.92 Å². The van der Waals surface area contributed by atoms with Crippen molar-refractivity contribution in [2.45, 2.75) is 12.8 Å². The van der Waals surface area contributed by atoms with Crippen molar-refractivity contribution in [3.8, 4) is 5.75 Å². The highest BCUT2D eigenvalue weighted by Crippen LogP contribution is 2.35. The molecule has 0 saturated carbocycles. The molecule has 0 spiro atoms. The number of hydrogen-bond acceptors (Lipinski definition) is 3. The van der Waals surface area contributed by atoms with Crippen LogP contribution in [0.1, 0.15) is 11.1 Å². The molecule has 0 heterocycles. The number of halogens is 4. The number of rotatable bonds is 4. The van der Waals surface area contributed by atoms with E-state index in [4.69, 9.17) is 16.3 Å². The van der Waals surface area contributed by atoms with E-state index in [2.05, 4.69) is 0 Å². The molecule has 0 aliphatic rings. The molecule has 0 aromatic heterocycles. The number of ether oxygens (including phenoxy) is 1. The van der Waals surface area contributed by atoms with Gasteiger partial charge in [-0.1, -0.05) is 23.7 Å². The zero-order chi connectivity index (χ0) is 16.3. The molecule has 2 aromatic rings. The van der Waals surface area contributed by atoms with Gasteiger partial charge in [0.05, 0.1) is 21.1 Å². The first-order chi connectivity index (χ1) is 10.3. The van der Waals surface area contributed by atoms with E-state index < -0.39 is 16.7 Å². The third kappa shape index (κ3) is 3.67. The summed E-state index contributed by atoms with van der Waals surface area (Å²) in [6, 6.07) is 8.58. The van der Waals surface area contributed by atoms with Crippen molar-refractivity contribution in [2.24, 2.45) is 0 Å². The van der Waals surface area contributed by atoms with E-state index in [1.54, 1.807) is 6.07 Å². The van der Waals surface area contributed by atoms with Crippen LogP contribution >= 0.6 is 11.6 Å². The van der Waals surface area contributed by atoms with E-state index in [0.717, 1.165) is 18.2 Å². The highest BCUT2D eigenvalue weighted by molar-refractivity contribution is 6.32. The summed E-state index contributed by atoms with van der Waals surface area (Å²) in [5.74, 6) is 0.0211. The minimum Gasteiger partial charge on any atom is -0.487 e. The standard InChI is InChI=1S/C14H9ClF3NO3/c15-11-7-10(14(16,17)18)5-6-13(11)22-8-9-3-1-2-4-12(9)19(20)21/h1-7H,8H2. The molecule has 0 aliphatic heterocycles. The molecule has 0 atom stereocenters. The SMILES string of the molecule is O=[N+]([O-])c1ccccc1COc1ccc(C(F)(F)F)cc1Cl. The number of nitro groups is 1. The smallest absolute Gasteiger partial charge is 0.416 e. The molecule has 22 heavy (non-hydrogen) atoms. The predicted octanol–water partition coefficient (Wildman–Crippen LogP) is 4.85. The van der Waals surface area contributed by atoms with E-state index in [1.165, 1.54) is 18.2 Å². The molecular formula is C14H9ClF3NO3. The molecule has 0 N–H and O–H groups in total. The number of nitro benzene ring substituents is 1. The highest BCUT2D eigenvalue weighted by Gasteiger charge is 2.31. The molecule has 0 bridgehead atoms. The minimum absolute atomic E-state index is 0.0211. The Balaban J connectivity index is 2.18. The molecule has 8 heteroatoms. The summed E-state index contributed by atoms with van der Waals surface area (Å²) in [5, 5.41) is 10.6. The van der Waals surface area contributed by atoms with Gasteiger partial charge in [0, 0.05) is 6.07 Å². The van der Waals surface area contributed by atoms with Crippen LogP contribution in [0.15, 0.2) is 42.5 Å². The van der Waals surface area contributed by atoms with Crippen LogP contribution < -0.4 is 4.74 Å². The summed E-state index contributed by atoms with van der Waals surface area (Å²) >= 11 is 5.75. The largest absolute Gasteiger partial charge is 0.487 e. The lowest BCUT2D eigenvalue weighted by Gasteiger charge is -2.11. The lowest BCUT2D eigenvalue weighted by atomic mass is 10.2. The molecule has 0 radical (unpaired) electrons. The maximum Gasteiger partial charge on any atom is 0.416 e. The van der Waals surface area contributed by atoms with Gasteiger partial charge < -0.3 is 4.74 Å². The van der Waals surface area contributed by atoms with Crippen molar-refractivity contribution >= 4 is 17.3 Å². The van der Waals surface area contributed by atoms with Gasteiger partial charge in [-0.05, 0) is 24.3 Å². The van der Waals surface area contributed by atoms with Gasteiger partial charge in [0.1, 0.15) is 12.4 Å². The summed E-state index contributed by atoms with van der Waals surface area (Å²) in [6.07, 6.45) is -4.50. The number of hydrogen-bond donors (Lipinski definition) is 0. The average molecular weight is 332 g/mol. The number of para-hydroxylation sites is 1. The summed E-state index contributed by atoms with van der Waals surface area (Å²) in [5.41, 5.74) is -0.732. The Morgan fingerprint density at radius 3 is 2.45 bits per heavy atom. The Labute approximate surface area is 128 Å². The Hall–Kier alpha value is -2.28. The number of benzene rings is 2. The summed E-state index contributed by atoms with van der Waals surface area (Å²) in [6.45, 7) is -0.178. The summed E-state index contributed by atoms with van der Waals surface area (Å²) in [4.78, 5) is 10.3. The predicted molar refractivity (Wildman–Crippen MR) is 73.9 cm³/mol. The Morgan fingerprint density at radius 2 is 1.86 bits per heavy atom. The van der Waals surface area contributed by atoms with Crippen LogP contribution in [0.2, 0.25) is 5.02 Å². The quantitative estimate of drug-likeness (QED) is 0.594. The van der Waals surface area contributed by atoms with Crippen LogP contribution in [0.4, 0.5) is 18.9 Å². The molecule has 0 aliphatic carbocycles. The molecule has 2 aromatic carbocycles. The van der Waals surface area contributed by atoms with Gasteiger partial charge in [0.25, 0.3) is 5.69 Å². The normalized spacial score (nSPS) is 11.3. The van der Waals surface area contributed by atoms with Crippen molar-refractivity contribution in [1.82, 2.24) is 0 Å². The van der Waals surface area contributed by atoms with Crippen molar-refractivity contribution in [3.05, 3.63) is 68.7 Å². The van der Waals surface area contributed by atoms with E-state index in [0.29, 0.717) is 5.56 Å². The maximum absolute atomic E-state index is 12.5. The fourth-order valence-corrected chi connectivity index (χ4v) is 2.00. The molecule has 116 valence electrons. The molecule has 2 rings (SSSR count). The van der Waals surface area contributed by atoms with Crippen LogP contribution in [0.5, 0.6) is 5.75 Å². The van der Waals surface area contributed by atoms with E-state index in [1.807, 2.05) is 0 Å². The number of nitrogens with zero attached hydrogens (tertiary/aromatic N) is 1. The highest BCUT2D eigenvalue weighted by atomic mass is 35.5. The van der Waals surface area contributed by atoms with Gasteiger partial charge in [0.15, 0.2) is 0 Å². The second-order valence-electron chi connectivity index (χ2n) is 4.32. The van der Waals surface area contributed by atoms with Crippen molar-refractivity contribution < 1.29 is 22.8 Å². The second kappa shape index (κ2) is 6.23. The van der Waals surface area contributed by atoms with Gasteiger partial charge >= 0.3 is 6.18 Å². The first kappa shape index (κ1) is 16.1. The lowest BCUT2D eigenvalue weighted by Crippen LogP contribution is -2.05. The molecule has 0 unspecified atom stereocenters. The van der Waals surface area contributed by atoms with Gasteiger partial charge in [-0.25, -0.2) is 0 Å². The van der Waals surface area contributed by atoms with Crippen LogP contribution in [0.25, 0.3) is 0 Å². The fourth-order valence-electron chi connectivity index (χ4n) is 1.76. The summed E-state index contributed by atoms with van der Waals surface area (Å²) in [7, 11) is 0. The third-order valence-corrected chi connectivity index (χ3v) is 3.13. The zero-order valence-electron chi connectivity index (χ0n) is 10.9. The monoisotopic (exact) mass is 331 g/mol. The van der Waals surface area contributed by atoms with Crippen LogP contribution in [-0.2, 0) is 12.8 Å². The second-order valence-corrected chi connectivity index (χ2v) is 4.72. The van der Waals surface area contributed by atoms with Gasteiger partial charge in [-0.3, -0.25) is 10.1 Å². The maximum atomic E-state index is 12.5. The van der Waals surface area contributed by atoms with Crippen LogP contribution in [0, 0.1) is 10.1 Å². The van der Waals surface area contributed by atoms with Gasteiger partial charge in [-0.2, -0.15) is 13.2 Å². The average Bonchev–Trinajstić information content (AvgIpc) is 2.45. The van der Waals surface area contributed by atoms with Crippen molar-refractivity contribution in [3.63, 3.8) is 0 Å². The van der Waals surface area contributed by atoms with Crippen molar-refractivity contribution in [1.29, 1.82) is 0 Å². The van der Waals surface area contributed by atoms with E-state index in [-0.39, 0.29) is 23.1 Å². The zero-order valence-corrected chi connectivity index (χ0v) is 11.7. The molecule has 0 amide bonds. The Morgan fingerprint density at radius 1 is 1.18 bits per heavy atom. The fraction of sp³-hybridized carbons (Fsp3) is 0.143. The van der Waals surface area contributed by atoms with E-state index in [9.17, 15) is 23.3 Å². The number of alkyl halides is 3. The first-order valence-electron chi connectivity index (χ1n) is 6.01. The molecule has 0 saturated heterocycles.